The van der Waals surface area contributed by atoms with Gasteiger partial charge in [-0.3, -0.25) is 4.79 Å². The Bertz CT molecular complexity index is 662. The Morgan fingerprint density at radius 3 is 2.43 bits per heavy atom. The molecular formula is C17H17F2NO2S. The summed E-state index contributed by atoms with van der Waals surface area (Å²) < 4.78 is 30.6. The zero-order valence-electron chi connectivity index (χ0n) is 12.8. The Labute approximate surface area is 138 Å². The van der Waals surface area contributed by atoms with E-state index in [1.54, 1.807) is 37.3 Å². The molecule has 0 aliphatic rings. The number of carbonyl (C=O) groups excluding carboxylic acids is 1. The van der Waals surface area contributed by atoms with Crippen molar-refractivity contribution in [2.24, 2.45) is 0 Å². The fourth-order valence-corrected chi connectivity index (χ4v) is 2.47. The van der Waals surface area contributed by atoms with Crippen molar-refractivity contribution in [3.8, 4) is 5.75 Å². The molecule has 122 valence electrons. The minimum absolute atomic E-state index is 0.318. The number of hydrogen-bond acceptors (Lipinski definition) is 3. The lowest BCUT2D eigenvalue weighted by Crippen LogP contribution is -2.30. The van der Waals surface area contributed by atoms with Crippen LogP contribution >= 0.6 is 11.8 Å². The summed E-state index contributed by atoms with van der Waals surface area (Å²) in [5, 5.41) is 2.63. The third-order valence-corrected chi connectivity index (χ3v) is 3.85. The number of ether oxygens (including phenoxy) is 1. The molecule has 0 fully saturated rings. The van der Waals surface area contributed by atoms with Crippen LogP contribution in [0.15, 0.2) is 53.4 Å². The molecule has 0 saturated carbocycles. The summed E-state index contributed by atoms with van der Waals surface area (Å²) in [6, 6.07) is 13.8. The first-order valence-electron chi connectivity index (χ1n) is 7.03. The highest BCUT2D eigenvalue weighted by Crippen LogP contribution is 2.31. The quantitative estimate of drug-likeness (QED) is 0.776. The van der Waals surface area contributed by atoms with Crippen LogP contribution in [0.1, 0.15) is 12.5 Å². The number of anilines is 1. The lowest BCUT2D eigenvalue weighted by atomic mass is 10.2. The normalized spacial score (nSPS) is 12.0. The van der Waals surface area contributed by atoms with Crippen LogP contribution in [0.4, 0.5) is 14.5 Å². The third kappa shape index (κ3) is 5.25. The Hall–Kier alpha value is -2.08. The van der Waals surface area contributed by atoms with E-state index < -0.39 is 17.8 Å². The van der Waals surface area contributed by atoms with Crippen LogP contribution in [0.3, 0.4) is 0 Å². The van der Waals surface area contributed by atoms with E-state index in [-0.39, 0.29) is 0 Å². The van der Waals surface area contributed by atoms with Gasteiger partial charge in [-0.1, -0.05) is 41.6 Å². The Morgan fingerprint density at radius 2 is 1.78 bits per heavy atom. The molecule has 2 aromatic rings. The van der Waals surface area contributed by atoms with Gasteiger partial charge in [0.15, 0.2) is 6.10 Å². The van der Waals surface area contributed by atoms with Gasteiger partial charge < -0.3 is 10.1 Å². The second-order valence-electron chi connectivity index (χ2n) is 4.94. The molecule has 6 heteroatoms. The second kappa shape index (κ2) is 7.97. The predicted octanol–water partition coefficient (Wildman–Crippen LogP) is 4.72. The number of rotatable bonds is 6. The second-order valence-corrected chi connectivity index (χ2v) is 5.97. The number of benzene rings is 2. The standard InChI is InChI=1S/C17H17F2NO2S/c1-11-7-9-13(10-8-11)22-12(2)16(21)20-14-5-3-4-6-15(14)23-17(18)19/h3-10,12,17H,1-2H3,(H,20,21). The number of amides is 1. The van der Waals surface area contributed by atoms with Crippen LogP contribution in [0, 0.1) is 6.92 Å². The Balaban J connectivity index is 2.02. The van der Waals surface area contributed by atoms with Crippen LogP contribution in [0.5, 0.6) is 5.75 Å². The molecule has 2 aromatic carbocycles. The lowest BCUT2D eigenvalue weighted by molar-refractivity contribution is -0.122. The monoisotopic (exact) mass is 337 g/mol. The summed E-state index contributed by atoms with van der Waals surface area (Å²) in [6.07, 6.45) is -0.748. The summed E-state index contributed by atoms with van der Waals surface area (Å²) in [5.41, 5.74) is 1.44. The summed E-state index contributed by atoms with van der Waals surface area (Å²) in [5.74, 6) is -2.37. The summed E-state index contributed by atoms with van der Waals surface area (Å²) in [6.45, 7) is 3.57. The molecule has 1 atom stereocenters. The van der Waals surface area contributed by atoms with Gasteiger partial charge in [0, 0.05) is 4.90 Å². The summed E-state index contributed by atoms with van der Waals surface area (Å²) in [7, 11) is 0. The Morgan fingerprint density at radius 1 is 1.13 bits per heavy atom. The van der Waals surface area contributed by atoms with E-state index in [9.17, 15) is 13.6 Å². The van der Waals surface area contributed by atoms with E-state index in [0.717, 1.165) is 5.56 Å². The number of thioether (sulfide) groups is 1. The van der Waals surface area contributed by atoms with Crippen molar-refractivity contribution in [1.29, 1.82) is 0 Å². The molecule has 0 saturated heterocycles. The fraction of sp³-hybridized carbons (Fsp3) is 0.235. The molecule has 0 spiro atoms. The van der Waals surface area contributed by atoms with Crippen molar-refractivity contribution >= 4 is 23.4 Å². The van der Waals surface area contributed by atoms with Crippen LogP contribution in [0.25, 0.3) is 0 Å². The molecule has 0 heterocycles. The number of carbonyl (C=O) groups is 1. The SMILES string of the molecule is Cc1ccc(OC(C)C(=O)Nc2ccccc2SC(F)F)cc1. The predicted molar refractivity (Wildman–Crippen MR) is 88.2 cm³/mol. The minimum atomic E-state index is -2.55. The zero-order valence-corrected chi connectivity index (χ0v) is 13.6. The van der Waals surface area contributed by atoms with Crippen LogP contribution in [-0.4, -0.2) is 17.8 Å². The van der Waals surface area contributed by atoms with Crippen LogP contribution in [-0.2, 0) is 4.79 Å². The van der Waals surface area contributed by atoms with Crippen molar-refractivity contribution in [3.05, 3.63) is 54.1 Å². The van der Waals surface area contributed by atoms with E-state index in [0.29, 0.717) is 28.1 Å². The van der Waals surface area contributed by atoms with E-state index in [2.05, 4.69) is 5.32 Å². The molecule has 0 bridgehead atoms. The first kappa shape index (κ1) is 17.3. The van der Waals surface area contributed by atoms with E-state index in [1.807, 2.05) is 19.1 Å². The summed E-state index contributed by atoms with van der Waals surface area (Å²) in [4.78, 5) is 12.5. The van der Waals surface area contributed by atoms with Gasteiger partial charge in [0.1, 0.15) is 5.75 Å². The molecule has 0 radical (unpaired) electrons. The average molecular weight is 337 g/mol. The van der Waals surface area contributed by atoms with E-state index >= 15 is 0 Å². The van der Waals surface area contributed by atoms with Crippen molar-refractivity contribution in [3.63, 3.8) is 0 Å². The number of alkyl halides is 2. The topological polar surface area (TPSA) is 38.3 Å². The highest BCUT2D eigenvalue weighted by atomic mass is 32.2. The molecule has 3 nitrogen and oxygen atoms in total. The highest BCUT2D eigenvalue weighted by molar-refractivity contribution is 7.99. The molecule has 0 aliphatic heterocycles. The largest absolute Gasteiger partial charge is 0.481 e. The maximum Gasteiger partial charge on any atom is 0.288 e. The van der Waals surface area contributed by atoms with Gasteiger partial charge in [0.2, 0.25) is 0 Å². The van der Waals surface area contributed by atoms with Crippen LogP contribution < -0.4 is 10.1 Å². The number of para-hydroxylation sites is 1. The van der Waals surface area contributed by atoms with Crippen molar-refractivity contribution in [1.82, 2.24) is 0 Å². The number of halogens is 2. The number of aryl methyl sites for hydroxylation is 1. The molecule has 0 aromatic heterocycles. The molecular weight excluding hydrogens is 320 g/mol. The molecule has 0 aliphatic carbocycles. The van der Waals surface area contributed by atoms with Crippen molar-refractivity contribution < 1.29 is 18.3 Å². The average Bonchev–Trinajstić information content (AvgIpc) is 2.51. The Kier molecular flexibility index (Phi) is 5.98. The fourth-order valence-electron chi connectivity index (χ4n) is 1.88. The zero-order chi connectivity index (χ0) is 16.8. The van der Waals surface area contributed by atoms with Gasteiger partial charge in [-0.25, -0.2) is 0 Å². The number of nitrogens with one attached hydrogen (secondary N) is 1. The maximum atomic E-state index is 12.5. The molecule has 2 rings (SSSR count). The third-order valence-electron chi connectivity index (χ3n) is 3.06. The van der Waals surface area contributed by atoms with Gasteiger partial charge in [0.25, 0.3) is 11.7 Å². The van der Waals surface area contributed by atoms with Crippen LogP contribution in [0.2, 0.25) is 0 Å². The molecule has 1 N–H and O–H groups in total. The van der Waals surface area contributed by atoms with E-state index in [1.165, 1.54) is 6.07 Å². The minimum Gasteiger partial charge on any atom is -0.481 e. The van der Waals surface area contributed by atoms with Gasteiger partial charge in [0.05, 0.1) is 5.69 Å². The summed E-state index contributed by atoms with van der Waals surface area (Å²) >= 11 is 0.395. The first-order valence-corrected chi connectivity index (χ1v) is 7.91. The first-order chi connectivity index (χ1) is 11.0. The van der Waals surface area contributed by atoms with Gasteiger partial charge in [-0.15, -0.1) is 0 Å². The molecule has 23 heavy (non-hydrogen) atoms. The van der Waals surface area contributed by atoms with Gasteiger partial charge in [-0.2, -0.15) is 8.78 Å². The van der Waals surface area contributed by atoms with Gasteiger partial charge >= 0.3 is 0 Å². The van der Waals surface area contributed by atoms with Crippen molar-refractivity contribution in [2.45, 2.75) is 30.6 Å². The van der Waals surface area contributed by atoms with Crippen molar-refractivity contribution in [2.75, 3.05) is 5.32 Å². The maximum absolute atomic E-state index is 12.5. The van der Waals surface area contributed by atoms with E-state index in [4.69, 9.17) is 4.74 Å². The highest BCUT2D eigenvalue weighted by Gasteiger charge is 2.17. The molecule has 1 amide bonds. The smallest absolute Gasteiger partial charge is 0.288 e. The van der Waals surface area contributed by atoms with Gasteiger partial charge in [-0.05, 0) is 38.1 Å². The lowest BCUT2D eigenvalue weighted by Gasteiger charge is -2.16. The molecule has 1 unspecified atom stereocenters. The number of hydrogen-bond donors (Lipinski definition) is 1.